The highest BCUT2D eigenvalue weighted by molar-refractivity contribution is 14.0. The van der Waals surface area contributed by atoms with E-state index in [-0.39, 0.29) is 24.0 Å². The number of rotatable bonds is 9. The van der Waals surface area contributed by atoms with Crippen molar-refractivity contribution >= 4 is 41.5 Å². The molecule has 1 aromatic carbocycles. The second-order valence-electron chi connectivity index (χ2n) is 6.69. The first-order chi connectivity index (χ1) is 13.1. The zero-order valence-corrected chi connectivity index (χ0v) is 19.9. The number of aromatic nitrogens is 1. The van der Waals surface area contributed by atoms with Crippen LogP contribution >= 0.6 is 35.6 Å². The molecule has 0 saturated carbocycles. The first kappa shape index (κ1) is 24.7. The molecular weight excluding hydrogens is 485 g/mol. The van der Waals surface area contributed by atoms with Crippen LogP contribution in [0.4, 0.5) is 0 Å². The smallest absolute Gasteiger partial charge is 0.191 e. The molecule has 2 N–H and O–H groups in total. The summed E-state index contributed by atoms with van der Waals surface area (Å²) in [6.45, 7) is 4.44. The molecule has 1 aromatic heterocycles. The summed E-state index contributed by atoms with van der Waals surface area (Å²) in [6, 6.07) is 14.7. The van der Waals surface area contributed by atoms with Crippen LogP contribution in [0.25, 0.3) is 0 Å². The van der Waals surface area contributed by atoms with E-state index in [1.165, 1.54) is 5.56 Å². The first-order valence-electron chi connectivity index (χ1n) is 9.41. The summed E-state index contributed by atoms with van der Waals surface area (Å²) in [5.74, 6) is 0.847. The third kappa shape index (κ3) is 9.21. The highest BCUT2D eigenvalue weighted by Gasteiger charge is 2.12. The van der Waals surface area contributed by atoms with Crippen molar-refractivity contribution in [2.45, 2.75) is 25.8 Å². The molecule has 0 spiro atoms. The van der Waals surface area contributed by atoms with Crippen LogP contribution in [0.5, 0.6) is 0 Å². The van der Waals surface area contributed by atoms with Crippen molar-refractivity contribution in [1.29, 1.82) is 0 Å². The van der Waals surface area contributed by atoms with E-state index >= 15 is 0 Å². The van der Waals surface area contributed by atoms with Gasteiger partial charge >= 0.3 is 0 Å². The van der Waals surface area contributed by atoms with E-state index in [9.17, 15) is 0 Å². The van der Waals surface area contributed by atoms with Crippen LogP contribution in [-0.4, -0.2) is 55.6 Å². The first-order valence-corrected chi connectivity index (χ1v) is 9.79. The number of halogens is 2. The number of pyridine rings is 1. The van der Waals surface area contributed by atoms with Crippen molar-refractivity contribution in [1.82, 2.24) is 20.5 Å². The lowest BCUT2D eigenvalue weighted by Gasteiger charge is -2.23. The summed E-state index contributed by atoms with van der Waals surface area (Å²) < 4.78 is 0. The van der Waals surface area contributed by atoms with Crippen molar-refractivity contribution in [3.63, 3.8) is 0 Å². The van der Waals surface area contributed by atoms with Crippen LogP contribution in [-0.2, 0) is 12.8 Å². The maximum absolute atomic E-state index is 5.83. The minimum atomic E-state index is 0. The van der Waals surface area contributed by atoms with Crippen LogP contribution < -0.4 is 10.6 Å². The maximum atomic E-state index is 5.83. The van der Waals surface area contributed by atoms with Gasteiger partial charge in [-0.05, 0) is 51.1 Å². The fourth-order valence-electron chi connectivity index (χ4n) is 2.71. The molecule has 2 aromatic rings. The van der Waals surface area contributed by atoms with Crippen molar-refractivity contribution in [2.24, 2.45) is 4.99 Å². The number of benzene rings is 1. The molecule has 0 saturated heterocycles. The van der Waals surface area contributed by atoms with E-state index in [1.807, 2.05) is 18.3 Å². The molecule has 5 nitrogen and oxygen atoms in total. The molecule has 2 rings (SSSR count). The molecule has 0 aliphatic rings. The monoisotopic (exact) mass is 515 g/mol. The van der Waals surface area contributed by atoms with Crippen molar-refractivity contribution in [3.05, 3.63) is 64.9 Å². The van der Waals surface area contributed by atoms with Crippen LogP contribution in [0.15, 0.2) is 53.7 Å². The number of likely N-dealkylation sites (N-methyl/N-ethyl adjacent to an activating group) is 1. The van der Waals surface area contributed by atoms with Crippen molar-refractivity contribution in [3.8, 4) is 0 Å². The van der Waals surface area contributed by atoms with Gasteiger partial charge in [0.05, 0.1) is 6.54 Å². The molecule has 7 heteroatoms. The van der Waals surface area contributed by atoms with E-state index in [1.54, 1.807) is 0 Å². The standard InChI is InChI=1S/C21H30ClN5.HI/c1-4-23-21(24-13-12-18-10-11-20(22)25-15-18)26-16-19(27(2)3)14-17-8-6-5-7-9-17;/h5-11,15,19H,4,12-14,16H2,1-3H3,(H2,23,24,26);1H. The largest absolute Gasteiger partial charge is 0.357 e. The molecule has 0 aliphatic heterocycles. The van der Waals surface area contributed by atoms with E-state index in [4.69, 9.17) is 16.6 Å². The molecule has 0 radical (unpaired) electrons. The Bertz CT molecular complexity index is 692. The van der Waals surface area contributed by atoms with Crippen LogP contribution in [0.3, 0.4) is 0 Å². The lowest BCUT2D eigenvalue weighted by atomic mass is 10.1. The van der Waals surface area contributed by atoms with Gasteiger partial charge in [0, 0.05) is 25.3 Å². The van der Waals surface area contributed by atoms with Gasteiger partial charge < -0.3 is 15.5 Å². The summed E-state index contributed by atoms with van der Waals surface area (Å²) in [4.78, 5) is 11.1. The van der Waals surface area contributed by atoms with E-state index in [0.717, 1.165) is 44.0 Å². The van der Waals surface area contributed by atoms with Gasteiger partial charge in [0.1, 0.15) is 5.15 Å². The maximum Gasteiger partial charge on any atom is 0.191 e. The molecule has 1 atom stereocenters. The fourth-order valence-corrected chi connectivity index (χ4v) is 2.83. The molecular formula is C21H31ClIN5. The van der Waals surface area contributed by atoms with E-state index in [0.29, 0.717) is 11.2 Å². The second kappa shape index (κ2) is 13.7. The SMILES string of the molecule is CCNC(=NCC(Cc1ccccc1)N(C)C)NCCc1ccc(Cl)nc1.I. The number of nitrogens with one attached hydrogen (secondary N) is 2. The summed E-state index contributed by atoms with van der Waals surface area (Å²) in [5.41, 5.74) is 2.48. The summed E-state index contributed by atoms with van der Waals surface area (Å²) in [6.07, 6.45) is 3.67. The average molecular weight is 516 g/mol. The third-order valence-electron chi connectivity index (χ3n) is 4.34. The molecule has 28 heavy (non-hydrogen) atoms. The van der Waals surface area contributed by atoms with Gasteiger partial charge in [-0.1, -0.05) is 48.0 Å². The van der Waals surface area contributed by atoms with Crippen LogP contribution in [0.2, 0.25) is 5.15 Å². The number of nitrogens with zero attached hydrogens (tertiary/aromatic N) is 3. The molecule has 0 aliphatic carbocycles. The van der Waals surface area contributed by atoms with E-state index in [2.05, 4.69) is 71.9 Å². The molecule has 0 bridgehead atoms. The van der Waals surface area contributed by atoms with Gasteiger partial charge in [0.2, 0.25) is 0 Å². The van der Waals surface area contributed by atoms with Gasteiger partial charge in [-0.25, -0.2) is 4.98 Å². The predicted octanol–water partition coefficient (Wildman–Crippen LogP) is 3.62. The van der Waals surface area contributed by atoms with Gasteiger partial charge in [-0.2, -0.15) is 0 Å². The number of guanidine groups is 1. The molecule has 0 amide bonds. The molecule has 1 unspecified atom stereocenters. The van der Waals surface area contributed by atoms with Gasteiger partial charge in [-0.3, -0.25) is 4.99 Å². The number of hydrogen-bond acceptors (Lipinski definition) is 3. The zero-order chi connectivity index (χ0) is 19.5. The van der Waals surface area contributed by atoms with Gasteiger partial charge in [0.25, 0.3) is 0 Å². The second-order valence-corrected chi connectivity index (χ2v) is 7.08. The summed E-state index contributed by atoms with van der Waals surface area (Å²) in [5, 5.41) is 7.24. The summed E-state index contributed by atoms with van der Waals surface area (Å²) >= 11 is 5.83. The van der Waals surface area contributed by atoms with Crippen molar-refractivity contribution in [2.75, 3.05) is 33.7 Å². The Hall–Kier alpha value is -1.38. The number of hydrogen-bond donors (Lipinski definition) is 2. The number of aliphatic imine (C=N–C) groups is 1. The lowest BCUT2D eigenvalue weighted by Crippen LogP contribution is -2.40. The Labute approximate surface area is 191 Å². The molecule has 1 heterocycles. The van der Waals surface area contributed by atoms with Gasteiger partial charge in [-0.15, -0.1) is 24.0 Å². The topological polar surface area (TPSA) is 52.6 Å². The highest BCUT2D eigenvalue weighted by atomic mass is 127. The Morgan fingerprint density at radius 3 is 2.46 bits per heavy atom. The van der Waals surface area contributed by atoms with E-state index < -0.39 is 0 Å². The lowest BCUT2D eigenvalue weighted by molar-refractivity contribution is 0.298. The van der Waals surface area contributed by atoms with Crippen LogP contribution in [0, 0.1) is 0 Å². The third-order valence-corrected chi connectivity index (χ3v) is 4.57. The normalized spacial score (nSPS) is 12.4. The Balaban J connectivity index is 0.00000392. The van der Waals surface area contributed by atoms with Crippen molar-refractivity contribution < 1.29 is 0 Å². The molecule has 0 fully saturated rings. The minimum absolute atomic E-state index is 0. The average Bonchev–Trinajstić information content (AvgIpc) is 2.67. The highest BCUT2D eigenvalue weighted by Crippen LogP contribution is 2.07. The minimum Gasteiger partial charge on any atom is -0.357 e. The van der Waals surface area contributed by atoms with Crippen LogP contribution in [0.1, 0.15) is 18.1 Å². The zero-order valence-electron chi connectivity index (χ0n) is 16.9. The quantitative estimate of drug-likeness (QED) is 0.232. The predicted molar refractivity (Wildman–Crippen MR) is 130 cm³/mol. The van der Waals surface area contributed by atoms with Gasteiger partial charge in [0.15, 0.2) is 5.96 Å². The fraction of sp³-hybridized carbons (Fsp3) is 0.429. The molecule has 154 valence electrons. The Kier molecular flexibility index (Phi) is 12.1. The Morgan fingerprint density at radius 1 is 1.11 bits per heavy atom. The Morgan fingerprint density at radius 2 is 1.86 bits per heavy atom. The summed E-state index contributed by atoms with van der Waals surface area (Å²) in [7, 11) is 4.22.